The van der Waals surface area contributed by atoms with Gasteiger partial charge in [0.1, 0.15) is 5.69 Å². The largest absolute Gasteiger partial charge is 0.339 e. The monoisotopic (exact) mass is 475 g/mol. The Morgan fingerprint density at radius 3 is 2.38 bits per heavy atom. The summed E-state index contributed by atoms with van der Waals surface area (Å²) in [6.45, 7) is 6.13. The Bertz CT molecular complexity index is 1480. The number of amides is 1. The summed E-state index contributed by atoms with van der Waals surface area (Å²) in [7, 11) is -1.67. The van der Waals surface area contributed by atoms with E-state index in [1.165, 1.54) is 0 Å². The van der Waals surface area contributed by atoms with Crippen LogP contribution in [0.2, 0.25) is 0 Å². The minimum absolute atomic E-state index is 0.103. The van der Waals surface area contributed by atoms with Gasteiger partial charge in [-0.25, -0.2) is 8.42 Å². The van der Waals surface area contributed by atoms with Crippen LogP contribution in [0.25, 0.3) is 10.9 Å². The summed E-state index contributed by atoms with van der Waals surface area (Å²) >= 11 is 0. The van der Waals surface area contributed by atoms with E-state index >= 15 is 0 Å². The maximum atomic E-state index is 13.4. The molecule has 4 rings (SSSR count). The highest BCUT2D eigenvalue weighted by Crippen LogP contribution is 2.31. The van der Waals surface area contributed by atoms with Crippen LogP contribution in [0.15, 0.2) is 71.9 Å². The van der Waals surface area contributed by atoms with E-state index in [0.29, 0.717) is 17.8 Å². The normalized spacial score (nSPS) is 12.1. The lowest BCUT2D eigenvalue weighted by Gasteiger charge is -2.21. The van der Waals surface area contributed by atoms with Gasteiger partial charge in [0.2, 0.25) is 0 Å². The number of carbonyl (C=O) groups is 1. The molecule has 0 atom stereocenters. The molecule has 176 valence electrons. The maximum absolute atomic E-state index is 13.4. The van der Waals surface area contributed by atoms with Gasteiger partial charge in [-0.1, -0.05) is 45.0 Å². The molecule has 0 radical (unpaired) electrons. The maximum Gasteiger partial charge on any atom is 0.272 e. The highest BCUT2D eigenvalue weighted by Gasteiger charge is 2.22. The van der Waals surface area contributed by atoms with Crippen molar-refractivity contribution < 1.29 is 13.2 Å². The van der Waals surface area contributed by atoms with E-state index in [9.17, 15) is 13.2 Å². The fraction of sp³-hybridized carbons (Fsp3) is 0.259. The van der Waals surface area contributed by atoms with Crippen LogP contribution in [0.3, 0.4) is 0 Å². The number of nitrogens with zero attached hydrogens (tertiary/aromatic N) is 2. The van der Waals surface area contributed by atoms with E-state index in [1.807, 2.05) is 62.7 Å². The number of aryl methyl sites for hydroxylation is 1. The van der Waals surface area contributed by atoms with Crippen LogP contribution in [-0.4, -0.2) is 30.1 Å². The van der Waals surface area contributed by atoms with Gasteiger partial charge in [-0.3, -0.25) is 9.78 Å². The summed E-state index contributed by atoms with van der Waals surface area (Å²) in [6.07, 6.45) is 5.40. The Morgan fingerprint density at radius 1 is 1.03 bits per heavy atom. The van der Waals surface area contributed by atoms with E-state index in [2.05, 4.69) is 16.4 Å². The van der Waals surface area contributed by atoms with Crippen molar-refractivity contribution >= 4 is 32.3 Å². The molecule has 7 heteroatoms. The highest BCUT2D eigenvalue weighted by atomic mass is 32.2. The molecule has 2 heterocycles. The smallest absolute Gasteiger partial charge is 0.272 e. The van der Waals surface area contributed by atoms with Crippen LogP contribution in [0, 0.1) is 0 Å². The first-order chi connectivity index (χ1) is 15.9. The van der Waals surface area contributed by atoms with E-state index in [0.717, 1.165) is 33.8 Å². The number of pyridine rings is 1. The topological polar surface area (TPSA) is 81.1 Å². The second-order valence-corrected chi connectivity index (χ2v) is 11.6. The van der Waals surface area contributed by atoms with Crippen molar-refractivity contribution in [3.63, 3.8) is 0 Å². The average molecular weight is 476 g/mol. The predicted molar refractivity (Wildman–Crippen MR) is 136 cm³/mol. The number of fused-ring (bicyclic) bond motifs is 1. The lowest BCUT2D eigenvalue weighted by molar-refractivity contribution is 0.101. The van der Waals surface area contributed by atoms with Crippen LogP contribution >= 0.6 is 0 Å². The van der Waals surface area contributed by atoms with Crippen LogP contribution in [-0.2, 0) is 28.7 Å². The molecule has 2 aromatic heterocycles. The first-order valence-corrected chi connectivity index (χ1v) is 13.0. The summed E-state index contributed by atoms with van der Waals surface area (Å²) in [5.41, 5.74) is 4.68. The number of rotatable bonds is 5. The minimum atomic E-state index is -3.53. The first kappa shape index (κ1) is 23.7. The molecule has 0 fully saturated rings. The second-order valence-electron chi connectivity index (χ2n) is 9.66. The van der Waals surface area contributed by atoms with Gasteiger partial charge in [-0.05, 0) is 58.9 Å². The Balaban J connectivity index is 1.75. The summed E-state index contributed by atoms with van der Waals surface area (Å²) in [4.78, 5) is 17.6. The Hall–Kier alpha value is -3.45. The van der Waals surface area contributed by atoms with Crippen LogP contribution in [0.4, 0.5) is 5.69 Å². The minimum Gasteiger partial charge on any atom is -0.339 e. The quantitative estimate of drug-likeness (QED) is 0.435. The summed E-state index contributed by atoms with van der Waals surface area (Å²) in [5.74, 6) is -0.357. The summed E-state index contributed by atoms with van der Waals surface area (Å²) in [5, 5.41) is 3.82. The van der Waals surface area contributed by atoms with Gasteiger partial charge >= 0.3 is 0 Å². The molecule has 1 amide bonds. The third kappa shape index (κ3) is 4.75. The lowest BCUT2D eigenvalue weighted by atomic mass is 9.87. The van der Waals surface area contributed by atoms with Crippen molar-refractivity contribution in [2.24, 2.45) is 7.05 Å². The SMILES string of the molecule is Cn1c(C(=O)Nc2cc(C(C)(C)C)ccc2S(C)(=O)=O)cc2cccc(Cc3ccncc3)c21. The van der Waals surface area contributed by atoms with Gasteiger partial charge in [0, 0.05) is 31.1 Å². The molecule has 6 nitrogen and oxygen atoms in total. The number of sulfone groups is 1. The molecule has 0 aliphatic rings. The average Bonchev–Trinajstić information content (AvgIpc) is 3.11. The third-order valence-corrected chi connectivity index (χ3v) is 7.16. The molecule has 4 aromatic rings. The number of anilines is 1. The van der Waals surface area contributed by atoms with Gasteiger partial charge in [0.15, 0.2) is 9.84 Å². The third-order valence-electron chi connectivity index (χ3n) is 6.01. The molecule has 0 saturated heterocycles. The molecule has 34 heavy (non-hydrogen) atoms. The van der Waals surface area contributed by atoms with Crippen molar-refractivity contribution in [1.29, 1.82) is 0 Å². The fourth-order valence-electron chi connectivity index (χ4n) is 4.19. The van der Waals surface area contributed by atoms with E-state index in [-0.39, 0.29) is 16.2 Å². The van der Waals surface area contributed by atoms with Gasteiger partial charge in [0.05, 0.1) is 16.1 Å². The van der Waals surface area contributed by atoms with Crippen LogP contribution in [0.5, 0.6) is 0 Å². The van der Waals surface area contributed by atoms with E-state index in [4.69, 9.17) is 0 Å². The van der Waals surface area contributed by atoms with Crippen molar-refractivity contribution in [3.05, 3.63) is 89.4 Å². The number of aromatic nitrogens is 2. The van der Waals surface area contributed by atoms with Crippen molar-refractivity contribution in [2.45, 2.75) is 37.5 Å². The second kappa shape index (κ2) is 8.72. The zero-order valence-corrected chi connectivity index (χ0v) is 20.9. The van der Waals surface area contributed by atoms with Crippen LogP contribution < -0.4 is 5.32 Å². The Kier molecular flexibility index (Phi) is 6.08. The van der Waals surface area contributed by atoms with Gasteiger partial charge in [0.25, 0.3) is 5.91 Å². The standard InChI is InChI=1S/C27H29N3O3S/c1-27(2,3)21-9-10-24(34(5,32)33)22(17-21)29-26(31)23-16-20-8-6-7-19(25(20)30(23)4)15-18-11-13-28-14-12-18/h6-14,16-17H,15H2,1-5H3,(H,29,31). The highest BCUT2D eigenvalue weighted by molar-refractivity contribution is 7.90. The predicted octanol–water partition coefficient (Wildman–Crippen LogP) is 5.12. The molecule has 0 aliphatic heterocycles. The van der Waals surface area contributed by atoms with E-state index in [1.54, 1.807) is 30.6 Å². The number of para-hydroxylation sites is 1. The number of benzene rings is 2. The number of hydrogen-bond donors (Lipinski definition) is 1. The Labute approximate surface area is 200 Å². The zero-order valence-electron chi connectivity index (χ0n) is 20.1. The Morgan fingerprint density at radius 2 is 1.74 bits per heavy atom. The molecule has 0 saturated carbocycles. The number of nitrogens with one attached hydrogen (secondary N) is 1. The molecule has 0 unspecified atom stereocenters. The van der Waals surface area contributed by atoms with Gasteiger partial charge in [-0.2, -0.15) is 0 Å². The molecular formula is C27H29N3O3S. The summed E-state index contributed by atoms with van der Waals surface area (Å²) < 4.78 is 26.7. The van der Waals surface area contributed by atoms with Gasteiger partial charge in [-0.15, -0.1) is 0 Å². The molecule has 1 N–H and O–H groups in total. The van der Waals surface area contributed by atoms with Gasteiger partial charge < -0.3 is 9.88 Å². The number of hydrogen-bond acceptors (Lipinski definition) is 4. The van der Waals surface area contributed by atoms with Crippen molar-refractivity contribution in [3.8, 4) is 0 Å². The zero-order chi connectivity index (χ0) is 24.7. The fourth-order valence-corrected chi connectivity index (χ4v) is 5.01. The van der Waals surface area contributed by atoms with Crippen molar-refractivity contribution in [2.75, 3.05) is 11.6 Å². The summed E-state index contributed by atoms with van der Waals surface area (Å²) in [6, 6.07) is 16.9. The first-order valence-electron chi connectivity index (χ1n) is 11.1. The molecule has 0 aliphatic carbocycles. The molecule has 0 bridgehead atoms. The molecule has 2 aromatic carbocycles. The van der Waals surface area contributed by atoms with Crippen molar-refractivity contribution in [1.82, 2.24) is 9.55 Å². The number of carbonyl (C=O) groups excluding carboxylic acids is 1. The lowest BCUT2D eigenvalue weighted by Crippen LogP contribution is -2.19. The van der Waals surface area contributed by atoms with Crippen LogP contribution in [0.1, 0.15) is 48.0 Å². The molecular weight excluding hydrogens is 446 g/mol. The molecule has 0 spiro atoms. The van der Waals surface area contributed by atoms with E-state index < -0.39 is 9.84 Å².